The van der Waals surface area contributed by atoms with E-state index < -0.39 is 0 Å². The fraction of sp³-hybridized carbons (Fsp3) is 0. The van der Waals surface area contributed by atoms with Gasteiger partial charge in [0.05, 0.1) is 11.4 Å². The van der Waals surface area contributed by atoms with Crippen LogP contribution in [0.4, 0.5) is 0 Å². The summed E-state index contributed by atoms with van der Waals surface area (Å²) in [5.41, 5.74) is 7.57. The Bertz CT molecular complexity index is 2070. The van der Waals surface area contributed by atoms with Gasteiger partial charge >= 0.3 is 0 Å². The molecule has 5 heteroatoms. The minimum Gasteiger partial charge on any atom is -0.436 e. The summed E-state index contributed by atoms with van der Waals surface area (Å²) in [5, 5.41) is 2.33. The number of benzene rings is 5. The van der Waals surface area contributed by atoms with Crippen molar-refractivity contribution in [3.8, 4) is 45.4 Å². The Morgan fingerprint density at radius 2 is 1.23 bits per heavy atom. The van der Waals surface area contributed by atoms with Crippen LogP contribution in [0.1, 0.15) is 0 Å². The SMILES string of the molecule is c1ccc(-c2cc(-c3ccccc3)nc(-c3cccc4sc5cc(-c6nc7ccccc7o6)ccc5c34)n2)cc1. The van der Waals surface area contributed by atoms with Crippen LogP contribution in [0, 0.1) is 0 Å². The molecule has 3 aromatic heterocycles. The van der Waals surface area contributed by atoms with Crippen molar-refractivity contribution in [3.05, 3.63) is 127 Å². The van der Waals surface area contributed by atoms with Gasteiger partial charge in [0, 0.05) is 42.4 Å². The van der Waals surface area contributed by atoms with Gasteiger partial charge in [0.2, 0.25) is 5.89 Å². The monoisotopic (exact) mass is 531 g/mol. The van der Waals surface area contributed by atoms with Gasteiger partial charge in [-0.2, -0.15) is 0 Å². The van der Waals surface area contributed by atoms with Gasteiger partial charge in [-0.3, -0.25) is 0 Å². The lowest BCUT2D eigenvalue weighted by Gasteiger charge is -2.10. The van der Waals surface area contributed by atoms with Crippen molar-refractivity contribution in [1.82, 2.24) is 15.0 Å². The molecule has 0 bridgehead atoms. The Kier molecular flexibility index (Phi) is 5.28. The quantitative estimate of drug-likeness (QED) is 0.227. The molecular formula is C35H21N3OS. The second-order valence-corrected chi connectivity index (χ2v) is 10.8. The molecular weight excluding hydrogens is 510 g/mol. The van der Waals surface area contributed by atoms with Crippen molar-refractivity contribution >= 4 is 42.6 Å². The van der Waals surface area contributed by atoms with Gasteiger partial charge in [0.15, 0.2) is 11.4 Å². The third kappa shape index (κ3) is 3.87. The average molecular weight is 532 g/mol. The van der Waals surface area contributed by atoms with Crippen LogP contribution in [0.2, 0.25) is 0 Å². The number of hydrogen-bond donors (Lipinski definition) is 0. The number of thiophene rings is 1. The summed E-state index contributed by atoms with van der Waals surface area (Å²) in [7, 11) is 0. The molecule has 8 rings (SSSR count). The maximum absolute atomic E-state index is 6.05. The molecule has 0 spiro atoms. The zero-order chi connectivity index (χ0) is 26.5. The minimum absolute atomic E-state index is 0.632. The molecule has 0 saturated carbocycles. The molecule has 0 radical (unpaired) electrons. The van der Waals surface area contributed by atoms with E-state index in [1.807, 2.05) is 60.7 Å². The Morgan fingerprint density at radius 1 is 0.525 bits per heavy atom. The van der Waals surface area contributed by atoms with Gasteiger partial charge in [-0.1, -0.05) is 91.0 Å². The van der Waals surface area contributed by atoms with Crippen LogP contribution in [0.15, 0.2) is 132 Å². The van der Waals surface area contributed by atoms with Gasteiger partial charge in [-0.25, -0.2) is 15.0 Å². The largest absolute Gasteiger partial charge is 0.436 e. The molecule has 0 amide bonds. The van der Waals surface area contributed by atoms with E-state index in [0.29, 0.717) is 11.7 Å². The number of para-hydroxylation sites is 2. The zero-order valence-electron chi connectivity index (χ0n) is 21.3. The maximum Gasteiger partial charge on any atom is 0.227 e. The second-order valence-electron chi connectivity index (χ2n) is 9.67. The summed E-state index contributed by atoms with van der Waals surface area (Å²) in [6.45, 7) is 0. The van der Waals surface area contributed by atoms with E-state index in [9.17, 15) is 0 Å². The van der Waals surface area contributed by atoms with Gasteiger partial charge in [0.25, 0.3) is 0 Å². The molecule has 0 unspecified atom stereocenters. The lowest BCUT2D eigenvalue weighted by atomic mass is 10.0. The van der Waals surface area contributed by atoms with E-state index in [1.165, 1.54) is 14.8 Å². The number of nitrogens with zero attached hydrogens (tertiary/aromatic N) is 3. The van der Waals surface area contributed by atoms with Crippen LogP contribution in [-0.4, -0.2) is 15.0 Å². The summed E-state index contributed by atoms with van der Waals surface area (Å²) in [6, 6.07) is 43.3. The average Bonchev–Trinajstić information content (AvgIpc) is 3.63. The van der Waals surface area contributed by atoms with Crippen LogP contribution >= 0.6 is 11.3 Å². The van der Waals surface area contributed by atoms with E-state index in [1.54, 1.807) is 11.3 Å². The number of hydrogen-bond acceptors (Lipinski definition) is 5. The molecule has 0 aliphatic carbocycles. The van der Waals surface area contributed by atoms with Crippen molar-refractivity contribution < 1.29 is 4.42 Å². The third-order valence-electron chi connectivity index (χ3n) is 7.14. The molecule has 188 valence electrons. The van der Waals surface area contributed by atoms with Crippen molar-refractivity contribution in [2.45, 2.75) is 0 Å². The van der Waals surface area contributed by atoms with Crippen LogP contribution in [-0.2, 0) is 0 Å². The highest BCUT2D eigenvalue weighted by Crippen LogP contribution is 2.41. The molecule has 0 aliphatic rings. The summed E-state index contributed by atoms with van der Waals surface area (Å²) >= 11 is 1.76. The van der Waals surface area contributed by atoms with Crippen LogP contribution < -0.4 is 0 Å². The smallest absolute Gasteiger partial charge is 0.227 e. The fourth-order valence-corrected chi connectivity index (χ4v) is 6.39. The number of oxazole rings is 1. The van der Waals surface area contributed by atoms with Crippen molar-refractivity contribution in [2.75, 3.05) is 0 Å². The summed E-state index contributed by atoms with van der Waals surface area (Å²) in [4.78, 5) is 14.9. The molecule has 8 aromatic rings. The first kappa shape index (κ1) is 22.8. The van der Waals surface area contributed by atoms with E-state index in [0.717, 1.165) is 50.1 Å². The highest BCUT2D eigenvalue weighted by Gasteiger charge is 2.17. The minimum atomic E-state index is 0.632. The molecule has 0 aliphatic heterocycles. The molecule has 0 saturated heterocycles. The number of fused-ring (bicyclic) bond motifs is 4. The lowest BCUT2D eigenvalue weighted by molar-refractivity contribution is 0.620. The molecule has 0 N–H and O–H groups in total. The standard InChI is InChI=1S/C35H21N3OS/c1-3-10-22(11-4-1)28-21-29(23-12-5-2-6-13-23)37-34(36-28)26-14-9-17-31-33(26)25-19-18-24(20-32(25)40-31)35-38-27-15-7-8-16-30(27)39-35/h1-21H. The Morgan fingerprint density at radius 3 is 1.95 bits per heavy atom. The van der Waals surface area contributed by atoms with Gasteiger partial charge in [0.1, 0.15) is 5.52 Å². The normalized spacial score (nSPS) is 11.5. The van der Waals surface area contributed by atoms with Gasteiger partial charge < -0.3 is 4.42 Å². The highest BCUT2D eigenvalue weighted by molar-refractivity contribution is 7.26. The number of aromatic nitrogens is 3. The van der Waals surface area contributed by atoms with Crippen LogP contribution in [0.5, 0.6) is 0 Å². The van der Waals surface area contributed by atoms with E-state index in [2.05, 4.69) is 66.7 Å². The highest BCUT2D eigenvalue weighted by atomic mass is 32.1. The summed E-state index contributed by atoms with van der Waals surface area (Å²) < 4.78 is 8.42. The van der Waals surface area contributed by atoms with E-state index >= 15 is 0 Å². The van der Waals surface area contributed by atoms with Crippen LogP contribution in [0.25, 0.3) is 76.6 Å². The van der Waals surface area contributed by atoms with E-state index in [-0.39, 0.29) is 0 Å². The second kappa shape index (κ2) is 9.26. The molecule has 4 nitrogen and oxygen atoms in total. The molecule has 0 fully saturated rings. The summed E-state index contributed by atoms with van der Waals surface area (Å²) in [5.74, 6) is 1.35. The predicted molar refractivity (Wildman–Crippen MR) is 164 cm³/mol. The van der Waals surface area contributed by atoms with Crippen molar-refractivity contribution in [2.24, 2.45) is 0 Å². The predicted octanol–water partition coefficient (Wildman–Crippen LogP) is 9.65. The molecule has 3 heterocycles. The first-order chi connectivity index (χ1) is 19.8. The van der Waals surface area contributed by atoms with Crippen LogP contribution in [0.3, 0.4) is 0 Å². The van der Waals surface area contributed by atoms with Gasteiger partial charge in [-0.05, 0) is 36.4 Å². The molecule has 40 heavy (non-hydrogen) atoms. The topological polar surface area (TPSA) is 51.8 Å². The third-order valence-corrected chi connectivity index (χ3v) is 8.26. The maximum atomic E-state index is 6.05. The van der Waals surface area contributed by atoms with Gasteiger partial charge in [-0.15, -0.1) is 11.3 Å². The Balaban J connectivity index is 1.32. The van der Waals surface area contributed by atoms with Crippen molar-refractivity contribution in [3.63, 3.8) is 0 Å². The fourth-order valence-electron chi connectivity index (χ4n) is 5.22. The molecule has 5 aromatic carbocycles. The first-order valence-electron chi connectivity index (χ1n) is 13.1. The van der Waals surface area contributed by atoms with E-state index in [4.69, 9.17) is 19.4 Å². The zero-order valence-corrected chi connectivity index (χ0v) is 22.1. The Labute approximate surface area is 234 Å². The lowest BCUT2D eigenvalue weighted by Crippen LogP contribution is -1.96. The summed E-state index contributed by atoms with van der Waals surface area (Å²) in [6.07, 6.45) is 0. The number of rotatable bonds is 4. The molecule has 0 atom stereocenters. The first-order valence-corrected chi connectivity index (χ1v) is 13.9. The van der Waals surface area contributed by atoms with Crippen molar-refractivity contribution in [1.29, 1.82) is 0 Å². The Hall–Kier alpha value is -5.13.